The Morgan fingerprint density at radius 1 is 0.324 bits per heavy atom. The molecular weight excluding hydrogens is 459 g/mol. The minimum absolute atomic E-state index is 0.492. The fraction of sp³-hybridized carbons (Fsp3) is 0.500. The molecule has 198 valence electrons. The molecule has 0 aliphatic heterocycles. The van der Waals surface area contributed by atoms with Gasteiger partial charge in [-0.25, -0.2) is 0 Å². The van der Waals surface area contributed by atoms with Crippen LogP contribution in [0.4, 0.5) is 0 Å². The topological polar surface area (TPSA) is 0 Å². The largest absolute Gasteiger partial charge is 0.386 e. The van der Waals surface area contributed by atoms with Gasteiger partial charge in [0.1, 0.15) is 0 Å². The Balaban J connectivity index is 2.69. The summed E-state index contributed by atoms with van der Waals surface area (Å²) in [5.41, 5.74) is 9.36. The Kier molecular flexibility index (Phi) is 9.94. The third-order valence-corrected chi connectivity index (χ3v) is 11.9. The molecule has 0 aromatic heterocycles. The standard InChI is InChI=1S/3C12H17.Al/c3*1-9(2)11-6-5-7-12(8-11)10(3)4;/h3*5-7,9-10H,1-4H3;. The first-order chi connectivity index (χ1) is 17.4. The van der Waals surface area contributed by atoms with Crippen LogP contribution in [0, 0.1) is 0 Å². The van der Waals surface area contributed by atoms with E-state index in [0.717, 1.165) is 0 Å². The van der Waals surface area contributed by atoms with Crippen LogP contribution in [0.3, 0.4) is 0 Å². The maximum absolute atomic E-state index is 2.44. The number of benzene rings is 3. The van der Waals surface area contributed by atoms with Gasteiger partial charge in [0.25, 0.3) is 0 Å². The molecule has 0 heterocycles. The molecule has 0 saturated heterocycles. The van der Waals surface area contributed by atoms with Crippen molar-refractivity contribution in [1.29, 1.82) is 0 Å². The van der Waals surface area contributed by atoms with Crippen molar-refractivity contribution in [2.24, 2.45) is 0 Å². The Hall–Kier alpha value is -1.81. The smallest absolute Gasteiger partial charge is 0.0919 e. The molecule has 3 rings (SSSR count). The molecule has 0 unspecified atom stereocenters. The molecule has 0 amide bonds. The molecule has 0 radical (unpaired) electrons. The molecule has 3 aromatic rings. The van der Waals surface area contributed by atoms with Gasteiger partial charge in [0.05, 0.1) is 0 Å². The predicted molar refractivity (Wildman–Crippen MR) is 169 cm³/mol. The Labute approximate surface area is 233 Å². The van der Waals surface area contributed by atoms with E-state index in [1.54, 1.807) is 46.7 Å². The van der Waals surface area contributed by atoms with Gasteiger partial charge in [0.2, 0.25) is 0 Å². The van der Waals surface area contributed by atoms with Gasteiger partial charge in [-0.05, 0) is 35.5 Å². The lowest BCUT2D eigenvalue weighted by atomic mass is 9.94. The minimum Gasteiger partial charge on any atom is -0.0919 e. The predicted octanol–water partition coefficient (Wildman–Crippen LogP) is 8.94. The van der Waals surface area contributed by atoms with Crippen molar-refractivity contribution in [3.05, 3.63) is 88.0 Å². The van der Waals surface area contributed by atoms with Gasteiger partial charge >= 0.3 is 14.1 Å². The van der Waals surface area contributed by atoms with Gasteiger partial charge in [-0.15, -0.1) is 0 Å². The summed E-state index contributed by atoms with van der Waals surface area (Å²) in [6.45, 7) is 28.7. The van der Waals surface area contributed by atoms with Crippen LogP contribution in [-0.2, 0) is 0 Å². The summed E-state index contributed by atoms with van der Waals surface area (Å²) < 4.78 is 5.08. The molecule has 0 aliphatic carbocycles. The second kappa shape index (κ2) is 12.4. The fourth-order valence-electron chi connectivity index (χ4n) is 6.26. The van der Waals surface area contributed by atoms with Crippen LogP contribution in [-0.4, -0.2) is 14.1 Å². The molecule has 0 saturated carbocycles. The van der Waals surface area contributed by atoms with Crippen molar-refractivity contribution < 1.29 is 0 Å². The van der Waals surface area contributed by atoms with Crippen LogP contribution >= 0.6 is 0 Å². The van der Waals surface area contributed by atoms with E-state index in [9.17, 15) is 0 Å². The number of hydrogen-bond acceptors (Lipinski definition) is 0. The van der Waals surface area contributed by atoms with Crippen LogP contribution in [0.2, 0.25) is 0 Å². The second-order valence-corrected chi connectivity index (χ2v) is 15.5. The van der Waals surface area contributed by atoms with Gasteiger partial charge in [0.15, 0.2) is 0 Å². The summed E-state index contributed by atoms with van der Waals surface area (Å²) in [6.07, 6.45) is 0. The van der Waals surface area contributed by atoms with Crippen LogP contribution in [0.1, 0.15) is 152 Å². The monoisotopic (exact) mass is 510 g/mol. The molecule has 0 nitrogen and oxygen atoms in total. The zero-order chi connectivity index (χ0) is 27.6. The van der Waals surface area contributed by atoms with Crippen LogP contribution < -0.4 is 13.3 Å². The van der Waals surface area contributed by atoms with Crippen molar-refractivity contribution in [1.82, 2.24) is 0 Å². The van der Waals surface area contributed by atoms with Crippen molar-refractivity contribution in [3.8, 4) is 0 Å². The highest BCUT2D eigenvalue weighted by atomic mass is 27.2. The maximum Gasteiger partial charge on any atom is 0.386 e. The Bertz CT molecular complexity index is 964. The number of rotatable bonds is 9. The summed E-state index contributed by atoms with van der Waals surface area (Å²) >= 11 is -1.88. The van der Waals surface area contributed by atoms with Crippen LogP contribution in [0.25, 0.3) is 0 Å². The molecule has 0 aliphatic rings. The molecule has 0 fully saturated rings. The van der Waals surface area contributed by atoms with Gasteiger partial charge in [-0.3, -0.25) is 0 Å². The van der Waals surface area contributed by atoms with E-state index in [1.165, 1.54) is 0 Å². The molecule has 1 heteroatoms. The zero-order valence-corrected chi connectivity index (χ0v) is 26.9. The van der Waals surface area contributed by atoms with E-state index in [1.807, 2.05) is 0 Å². The first-order valence-corrected chi connectivity index (χ1v) is 16.5. The molecule has 3 aromatic carbocycles. The average molecular weight is 511 g/mol. The van der Waals surface area contributed by atoms with E-state index in [2.05, 4.69) is 138 Å². The SMILES string of the molecule is CC(C)c1cccc(C(C)C)[c]1[Al]([c]1c(C(C)C)cccc1C(C)C)[c]1c(C(C)C)cccc1C(C)C. The van der Waals surface area contributed by atoms with Gasteiger partial charge in [-0.2, -0.15) is 0 Å². The van der Waals surface area contributed by atoms with Crippen molar-refractivity contribution >= 4 is 27.4 Å². The lowest BCUT2D eigenvalue weighted by Gasteiger charge is -2.33. The summed E-state index contributed by atoms with van der Waals surface area (Å²) in [5.74, 6) is 2.95. The van der Waals surface area contributed by atoms with Gasteiger partial charge in [0, 0.05) is 0 Å². The summed E-state index contributed by atoms with van der Waals surface area (Å²) in [6, 6.07) is 21.6. The van der Waals surface area contributed by atoms with E-state index in [-0.39, 0.29) is 0 Å². The Morgan fingerprint density at radius 3 is 0.622 bits per heavy atom. The average Bonchev–Trinajstić information content (AvgIpc) is 2.83. The fourth-order valence-corrected chi connectivity index (χ4v) is 11.7. The second-order valence-electron chi connectivity index (χ2n) is 12.9. The molecule has 0 spiro atoms. The first kappa shape index (κ1) is 29.7. The molecule has 37 heavy (non-hydrogen) atoms. The van der Waals surface area contributed by atoms with Crippen molar-refractivity contribution in [3.63, 3.8) is 0 Å². The Morgan fingerprint density at radius 2 is 0.486 bits per heavy atom. The lowest BCUT2D eigenvalue weighted by molar-refractivity contribution is 0.837. The summed E-state index contributed by atoms with van der Waals surface area (Å²) in [7, 11) is 0. The maximum atomic E-state index is 2.44. The third kappa shape index (κ3) is 6.10. The minimum atomic E-state index is -1.88. The first-order valence-electron chi connectivity index (χ1n) is 14.8. The normalized spacial score (nSPS) is 12.2. The van der Waals surface area contributed by atoms with E-state index in [4.69, 9.17) is 0 Å². The molecular formula is C36H51Al. The number of hydrogen-bond donors (Lipinski definition) is 0. The molecule has 0 bridgehead atoms. The van der Waals surface area contributed by atoms with Crippen molar-refractivity contribution in [2.75, 3.05) is 0 Å². The lowest BCUT2D eigenvalue weighted by Crippen LogP contribution is -2.59. The van der Waals surface area contributed by atoms with E-state index in [0.29, 0.717) is 35.5 Å². The molecule has 0 N–H and O–H groups in total. The highest BCUT2D eigenvalue weighted by Gasteiger charge is 2.38. The highest BCUT2D eigenvalue weighted by molar-refractivity contribution is 6.97. The van der Waals surface area contributed by atoms with Gasteiger partial charge < -0.3 is 0 Å². The van der Waals surface area contributed by atoms with Crippen molar-refractivity contribution in [2.45, 2.75) is 119 Å². The molecule has 0 atom stereocenters. The quantitative estimate of drug-likeness (QED) is 0.252. The highest BCUT2D eigenvalue weighted by Crippen LogP contribution is 2.28. The van der Waals surface area contributed by atoms with E-state index >= 15 is 0 Å². The third-order valence-electron chi connectivity index (χ3n) is 8.12. The summed E-state index contributed by atoms with van der Waals surface area (Å²) in [5, 5.41) is 0. The zero-order valence-electron chi connectivity index (χ0n) is 25.7. The van der Waals surface area contributed by atoms with Crippen LogP contribution in [0.5, 0.6) is 0 Å². The van der Waals surface area contributed by atoms with Gasteiger partial charge in [-0.1, -0.05) is 184 Å². The van der Waals surface area contributed by atoms with E-state index < -0.39 is 14.1 Å². The summed E-state index contributed by atoms with van der Waals surface area (Å²) in [4.78, 5) is 0. The van der Waals surface area contributed by atoms with Crippen LogP contribution in [0.15, 0.2) is 54.6 Å².